The van der Waals surface area contributed by atoms with E-state index in [0.717, 1.165) is 33.9 Å². The summed E-state index contributed by atoms with van der Waals surface area (Å²) in [5, 5.41) is 8.82. The van der Waals surface area contributed by atoms with Gasteiger partial charge in [0, 0.05) is 43.7 Å². The van der Waals surface area contributed by atoms with Gasteiger partial charge in [-0.2, -0.15) is 0 Å². The van der Waals surface area contributed by atoms with Gasteiger partial charge in [-0.05, 0) is 96.9 Å². The molecule has 0 bridgehead atoms. The first-order valence-electron chi connectivity index (χ1n) is 19.6. The van der Waals surface area contributed by atoms with Crippen molar-refractivity contribution in [2.45, 2.75) is 50.5 Å². The quantitative estimate of drug-likeness (QED) is 0.169. The summed E-state index contributed by atoms with van der Waals surface area (Å²) in [4.78, 5) is 1.53. The highest BCUT2D eigenvalue weighted by Gasteiger charge is 2.47. The topological polar surface area (TPSA) is 34.5 Å². The highest BCUT2D eigenvalue weighted by atomic mass is 16.3. The van der Waals surface area contributed by atoms with Crippen LogP contribution in [0.5, 0.6) is 0 Å². The maximum atomic E-state index is 6.51. The van der Waals surface area contributed by atoms with E-state index in [1.54, 1.807) is 5.57 Å². The predicted molar refractivity (Wildman–Crippen MR) is 222 cm³/mol. The Morgan fingerprint density at radius 1 is 0.611 bits per heavy atom. The van der Waals surface area contributed by atoms with E-state index < -0.39 is 0 Å². The van der Waals surface area contributed by atoms with Gasteiger partial charge >= 0.3 is 0 Å². The fourth-order valence-corrected chi connectivity index (χ4v) is 9.48. The molecule has 3 heterocycles. The van der Waals surface area contributed by atoms with E-state index in [1.165, 1.54) is 80.3 Å². The minimum atomic E-state index is 0.206. The van der Waals surface area contributed by atoms with E-state index in [4.69, 9.17) is 4.42 Å². The number of nitrogens with one attached hydrogen (secondary N) is 2. The number of rotatable bonds is 6. The van der Waals surface area contributed by atoms with Crippen LogP contribution in [-0.2, 0) is 0 Å². The van der Waals surface area contributed by atoms with Crippen molar-refractivity contribution >= 4 is 43.7 Å². The van der Waals surface area contributed by atoms with Crippen molar-refractivity contribution in [2.24, 2.45) is 0 Å². The number of furan rings is 1. The van der Waals surface area contributed by atoms with Gasteiger partial charge in [0.1, 0.15) is 16.9 Å². The van der Waals surface area contributed by atoms with Crippen molar-refractivity contribution in [3.8, 4) is 22.3 Å². The van der Waals surface area contributed by atoms with Crippen molar-refractivity contribution < 1.29 is 9.32 Å². The number of hydrogen-bond donors (Lipinski definition) is 2. The normalized spacial score (nSPS) is 21.4. The van der Waals surface area contributed by atoms with Crippen molar-refractivity contribution in [3.63, 3.8) is 0 Å². The monoisotopic (exact) mass is 700 g/mol. The van der Waals surface area contributed by atoms with Gasteiger partial charge in [0.05, 0.1) is 6.04 Å². The van der Waals surface area contributed by atoms with Crippen LogP contribution in [0, 0.1) is 0 Å². The molecule has 0 saturated carbocycles. The van der Waals surface area contributed by atoms with Crippen LogP contribution in [-0.4, -0.2) is 10.7 Å². The van der Waals surface area contributed by atoms with Crippen molar-refractivity contribution in [2.75, 3.05) is 0 Å². The fraction of sp³-hybridized carbons (Fsp3) is 0.160. The minimum Gasteiger partial charge on any atom is -0.455 e. The lowest BCUT2D eigenvalue weighted by molar-refractivity contribution is -0.970. The number of hydrogen-bond acceptors (Lipinski definition) is 2. The Kier molecular flexibility index (Phi) is 7.53. The smallest absolute Gasteiger partial charge is 0.178 e. The summed E-state index contributed by atoms with van der Waals surface area (Å²) in [6.45, 7) is 0. The predicted octanol–water partition coefficient (Wildman–Crippen LogP) is 11.4. The number of benzene rings is 6. The number of aromatic nitrogens is 1. The fourth-order valence-electron chi connectivity index (χ4n) is 9.48. The highest BCUT2D eigenvalue weighted by Crippen LogP contribution is 2.41. The third kappa shape index (κ3) is 5.13. The first-order chi connectivity index (χ1) is 26.8. The van der Waals surface area contributed by atoms with Crippen molar-refractivity contribution in [1.29, 1.82) is 0 Å². The van der Waals surface area contributed by atoms with Crippen LogP contribution < -0.4 is 10.2 Å². The molecule has 2 aliphatic carbocycles. The number of quaternary nitrogens is 1. The van der Waals surface area contributed by atoms with Crippen LogP contribution in [0.25, 0.3) is 66.0 Å². The summed E-state index contributed by atoms with van der Waals surface area (Å²) in [7, 11) is 0. The average Bonchev–Trinajstić information content (AvgIpc) is 3.77. The molecular formula is C50H42N3O+. The summed E-state index contributed by atoms with van der Waals surface area (Å²) in [5.74, 6) is 0. The van der Waals surface area contributed by atoms with Gasteiger partial charge in [0.15, 0.2) is 12.3 Å². The Morgan fingerprint density at radius 2 is 1.35 bits per heavy atom. The summed E-state index contributed by atoms with van der Waals surface area (Å²) < 4.78 is 9.09. The van der Waals surface area contributed by atoms with Crippen LogP contribution >= 0.6 is 0 Å². The van der Waals surface area contributed by atoms with Gasteiger partial charge in [-0.15, -0.1) is 0 Å². The third-order valence-electron chi connectivity index (χ3n) is 12.2. The Hall–Kier alpha value is -5.94. The molecule has 0 spiro atoms. The molecular weight excluding hydrogens is 659 g/mol. The van der Waals surface area contributed by atoms with E-state index in [1.807, 2.05) is 6.07 Å². The van der Waals surface area contributed by atoms with E-state index >= 15 is 0 Å². The lowest BCUT2D eigenvalue weighted by Gasteiger charge is -2.48. The molecule has 1 saturated heterocycles. The molecule has 6 aromatic carbocycles. The second-order valence-electron chi connectivity index (χ2n) is 15.2. The second kappa shape index (κ2) is 12.9. The van der Waals surface area contributed by atoms with Gasteiger partial charge in [0.25, 0.3) is 0 Å². The zero-order valence-corrected chi connectivity index (χ0v) is 30.2. The number of nitrogens with zero attached hydrogens (tertiary/aromatic N) is 1. The summed E-state index contributed by atoms with van der Waals surface area (Å²) in [6, 6.07) is 50.8. The largest absolute Gasteiger partial charge is 0.455 e. The van der Waals surface area contributed by atoms with E-state index in [9.17, 15) is 0 Å². The average molecular weight is 701 g/mol. The first-order valence-corrected chi connectivity index (χ1v) is 19.6. The van der Waals surface area contributed by atoms with Crippen LogP contribution in [0.3, 0.4) is 0 Å². The molecule has 4 atom stereocenters. The number of allylic oxidation sites excluding steroid dienone is 4. The maximum Gasteiger partial charge on any atom is 0.178 e. The highest BCUT2D eigenvalue weighted by molar-refractivity contribution is 6.13. The molecule has 3 aliphatic rings. The summed E-state index contributed by atoms with van der Waals surface area (Å²) in [6.07, 6.45) is 16.4. The molecule has 2 aromatic heterocycles. The van der Waals surface area contributed by atoms with Gasteiger partial charge in [-0.25, -0.2) is 5.32 Å². The van der Waals surface area contributed by atoms with E-state index in [2.05, 4.69) is 168 Å². The Labute approximate surface area is 315 Å². The zero-order chi connectivity index (χ0) is 35.6. The molecule has 54 heavy (non-hydrogen) atoms. The first kappa shape index (κ1) is 31.6. The molecule has 0 radical (unpaired) electrons. The van der Waals surface area contributed by atoms with Gasteiger partial charge < -0.3 is 8.98 Å². The van der Waals surface area contributed by atoms with Crippen LogP contribution in [0.4, 0.5) is 0 Å². The molecule has 4 unspecified atom stereocenters. The molecule has 2 N–H and O–H groups in total. The second-order valence-corrected chi connectivity index (χ2v) is 15.2. The lowest BCUT2D eigenvalue weighted by Crippen LogP contribution is -3.25. The molecule has 4 nitrogen and oxygen atoms in total. The summed E-state index contributed by atoms with van der Waals surface area (Å²) >= 11 is 0. The van der Waals surface area contributed by atoms with Crippen molar-refractivity contribution in [1.82, 2.24) is 9.88 Å². The SMILES string of the molecule is C1=CC(n2c3ccc(-c4ccccc4)cc3c3cc(-c4cccc5c4oc4ccccc45)ccc32)CC=C1[NH+]1C(C2=CCCCC2)NC1c1ccccc1. The van der Waals surface area contributed by atoms with Gasteiger partial charge in [-0.1, -0.05) is 121 Å². The Balaban J connectivity index is 1.01. The molecule has 0 amide bonds. The van der Waals surface area contributed by atoms with Crippen LogP contribution in [0.15, 0.2) is 180 Å². The Morgan fingerprint density at radius 3 is 2.13 bits per heavy atom. The van der Waals surface area contributed by atoms with Crippen LogP contribution in [0.1, 0.15) is 49.9 Å². The minimum absolute atomic E-state index is 0.206. The molecule has 1 fully saturated rings. The lowest BCUT2D eigenvalue weighted by atomic mass is 9.91. The number of fused-ring (bicyclic) bond motifs is 6. The molecule has 4 heteroatoms. The van der Waals surface area contributed by atoms with E-state index in [0.29, 0.717) is 6.17 Å². The van der Waals surface area contributed by atoms with Crippen molar-refractivity contribution in [3.05, 3.63) is 181 Å². The summed E-state index contributed by atoms with van der Waals surface area (Å²) in [5.41, 5.74) is 13.5. The van der Waals surface area contributed by atoms with Gasteiger partial charge in [0.2, 0.25) is 0 Å². The maximum absolute atomic E-state index is 6.51. The van der Waals surface area contributed by atoms with Gasteiger partial charge in [-0.3, -0.25) is 4.90 Å². The van der Waals surface area contributed by atoms with E-state index in [-0.39, 0.29) is 12.2 Å². The zero-order valence-electron chi connectivity index (χ0n) is 30.2. The number of para-hydroxylation sites is 2. The molecule has 11 rings (SSSR count). The Bertz CT molecular complexity index is 2800. The standard InChI is InChI=1S/C50H41N3O/c1-4-13-33(14-5-1)36-23-29-45-43(31-36)44-32-37(40-20-12-21-42-41-19-10-11-22-47(41)54-48(40)42)24-30-46(44)52(45)38-25-27-39(28-26-38)53-49(34-15-6-2-7-16-34)51-50(53)35-17-8-3-9-18-35/h1-2,4-7,10-17,19-25,27-32,38,49-51H,3,8-9,18,26H2/p+1. The van der Waals surface area contributed by atoms with Crippen LogP contribution in [0.2, 0.25) is 0 Å². The molecule has 8 aromatic rings. The molecule has 1 aliphatic heterocycles. The third-order valence-corrected chi connectivity index (χ3v) is 12.2. The molecule has 262 valence electrons.